The van der Waals surface area contributed by atoms with Gasteiger partial charge >= 0.3 is 17.9 Å². The molecule has 5 atom stereocenters. The molecule has 0 spiro atoms. The molecular formula is C33H35N3O10. The minimum Gasteiger partial charge on any atom is -0.467 e. The summed E-state index contributed by atoms with van der Waals surface area (Å²) in [6.07, 6.45) is -5.11. The van der Waals surface area contributed by atoms with Crippen LogP contribution < -0.4 is 10.2 Å². The highest BCUT2D eigenvalue weighted by Crippen LogP contribution is 2.40. The molecule has 3 aromatic rings. The van der Waals surface area contributed by atoms with E-state index in [1.807, 2.05) is 74.5 Å². The number of fused-ring (bicyclic) bond motifs is 1. The van der Waals surface area contributed by atoms with Crippen molar-refractivity contribution in [1.29, 1.82) is 0 Å². The molecule has 2 aliphatic rings. The molecule has 13 heteroatoms. The molecule has 0 N–H and O–H groups in total. The van der Waals surface area contributed by atoms with Crippen molar-refractivity contribution in [3.05, 3.63) is 93.9 Å². The Morgan fingerprint density at radius 2 is 1.46 bits per heavy atom. The minimum absolute atomic E-state index is 0.148. The number of amides is 1. The second kappa shape index (κ2) is 13.5. The Bertz CT molecular complexity index is 1620. The molecule has 1 saturated heterocycles. The normalized spacial score (nSPS) is 22.4. The second-order valence-corrected chi connectivity index (χ2v) is 11.3. The Hall–Kier alpha value is -5.04. The molecule has 2 aromatic carbocycles. The summed E-state index contributed by atoms with van der Waals surface area (Å²) in [6, 6.07) is 18.7. The lowest BCUT2D eigenvalue weighted by Gasteiger charge is -2.41. The largest absolute Gasteiger partial charge is 0.467 e. The molecule has 5 rings (SSSR count). The summed E-state index contributed by atoms with van der Waals surface area (Å²) in [5, 5.41) is 4.44. The summed E-state index contributed by atoms with van der Waals surface area (Å²) >= 11 is 0. The summed E-state index contributed by atoms with van der Waals surface area (Å²) in [7, 11) is 1.10. The molecule has 0 saturated carbocycles. The van der Waals surface area contributed by atoms with E-state index in [0.29, 0.717) is 0 Å². The van der Waals surface area contributed by atoms with Gasteiger partial charge < -0.3 is 28.6 Å². The zero-order chi connectivity index (χ0) is 33.1. The molecule has 0 bridgehead atoms. The molecule has 242 valence electrons. The van der Waals surface area contributed by atoms with Gasteiger partial charge in [0.25, 0.3) is 5.91 Å². The van der Waals surface area contributed by atoms with Crippen LogP contribution in [-0.4, -0.2) is 82.8 Å². The van der Waals surface area contributed by atoms with Gasteiger partial charge in [-0.2, -0.15) is 5.10 Å². The summed E-state index contributed by atoms with van der Waals surface area (Å²) in [5.41, 5.74) is 1.02. The minimum atomic E-state index is -1.64. The van der Waals surface area contributed by atoms with Crippen molar-refractivity contribution in [2.24, 2.45) is 0 Å². The fraction of sp³-hybridized carbons (Fsp3) is 0.394. The first-order valence-corrected chi connectivity index (χ1v) is 14.8. The molecule has 3 unspecified atom stereocenters. The molecule has 2 aliphatic heterocycles. The van der Waals surface area contributed by atoms with Gasteiger partial charge in [-0.1, -0.05) is 60.7 Å². The van der Waals surface area contributed by atoms with Gasteiger partial charge in [0.05, 0.1) is 19.3 Å². The van der Waals surface area contributed by atoms with Gasteiger partial charge in [0.1, 0.15) is 0 Å². The van der Waals surface area contributed by atoms with E-state index >= 15 is 0 Å². The maximum Gasteiger partial charge on any atom is 0.339 e. The Morgan fingerprint density at radius 1 is 0.891 bits per heavy atom. The standard InChI is InChI=1S/C33H35N3O10/c1-18(2)35-17-23(25(21-12-8-6-9-13-21)22-14-10-7-11-15-22)36-26(31(35)40)27(24(39)16-34-36)45-33-30(44-20(4)38)28(43-19(3)37)29(46-33)32(41)42-5/h6-16,18,23,25,28-30,33H,17H2,1-5H3/t23-,28?,29?,30?,33+/m1/s1. The number of hydrogen-bond donors (Lipinski definition) is 0. The molecule has 3 heterocycles. The monoisotopic (exact) mass is 633 g/mol. The molecule has 0 aliphatic carbocycles. The van der Waals surface area contributed by atoms with E-state index in [2.05, 4.69) is 5.10 Å². The zero-order valence-corrected chi connectivity index (χ0v) is 26.0. The SMILES string of the molecule is COC(=O)C1O[C@H](Oc2c3n(ncc2=O)[C@@H](C(c2ccccc2)c2ccccc2)CN(C(C)C)C3=O)C(OC(C)=O)C1OC(C)=O. The predicted octanol–water partition coefficient (Wildman–Crippen LogP) is 2.62. The quantitative estimate of drug-likeness (QED) is 0.253. The summed E-state index contributed by atoms with van der Waals surface area (Å²) < 4.78 is 28.8. The van der Waals surface area contributed by atoms with E-state index in [-0.39, 0.29) is 24.2 Å². The third-order valence-corrected chi connectivity index (χ3v) is 7.90. The van der Waals surface area contributed by atoms with Crippen molar-refractivity contribution in [2.45, 2.75) is 70.3 Å². The summed E-state index contributed by atoms with van der Waals surface area (Å²) in [5.74, 6) is -3.77. The number of rotatable bonds is 9. The fourth-order valence-electron chi connectivity index (χ4n) is 5.94. The van der Waals surface area contributed by atoms with Crippen LogP contribution in [0.5, 0.6) is 5.75 Å². The van der Waals surface area contributed by atoms with E-state index in [4.69, 9.17) is 23.7 Å². The Balaban J connectivity index is 1.66. The van der Waals surface area contributed by atoms with E-state index in [9.17, 15) is 24.0 Å². The van der Waals surface area contributed by atoms with Gasteiger partial charge in [-0.05, 0) is 25.0 Å². The molecule has 1 fully saturated rings. The molecule has 1 amide bonds. The number of methoxy groups -OCH3 is 1. The third-order valence-electron chi connectivity index (χ3n) is 7.90. The maximum absolute atomic E-state index is 14.1. The van der Waals surface area contributed by atoms with Crippen LogP contribution in [0.4, 0.5) is 0 Å². The van der Waals surface area contributed by atoms with Crippen LogP contribution in [0.25, 0.3) is 0 Å². The van der Waals surface area contributed by atoms with Crippen LogP contribution >= 0.6 is 0 Å². The molecular weight excluding hydrogens is 598 g/mol. The lowest BCUT2D eigenvalue weighted by molar-refractivity contribution is -0.171. The van der Waals surface area contributed by atoms with Crippen molar-refractivity contribution in [3.63, 3.8) is 0 Å². The van der Waals surface area contributed by atoms with E-state index < -0.39 is 65.6 Å². The average Bonchev–Trinajstić information content (AvgIpc) is 3.34. The number of ether oxygens (including phenoxy) is 5. The Kier molecular flexibility index (Phi) is 9.52. The second-order valence-electron chi connectivity index (χ2n) is 11.3. The van der Waals surface area contributed by atoms with Crippen LogP contribution in [0.2, 0.25) is 0 Å². The summed E-state index contributed by atoms with van der Waals surface area (Å²) in [4.78, 5) is 65.9. The molecule has 0 radical (unpaired) electrons. The number of carbonyl (C=O) groups excluding carboxylic acids is 4. The van der Waals surface area contributed by atoms with Crippen LogP contribution in [0.3, 0.4) is 0 Å². The number of carbonyl (C=O) groups is 4. The highest BCUT2D eigenvalue weighted by molar-refractivity contribution is 5.96. The van der Waals surface area contributed by atoms with E-state index in [0.717, 1.165) is 38.3 Å². The van der Waals surface area contributed by atoms with Gasteiger partial charge in [0, 0.05) is 32.4 Å². The van der Waals surface area contributed by atoms with Crippen LogP contribution in [0, 0.1) is 0 Å². The predicted molar refractivity (Wildman–Crippen MR) is 161 cm³/mol. The van der Waals surface area contributed by atoms with E-state index in [1.165, 1.54) is 4.68 Å². The first kappa shape index (κ1) is 32.4. The molecule has 46 heavy (non-hydrogen) atoms. The Labute approximate surface area is 264 Å². The maximum atomic E-state index is 14.1. The third kappa shape index (κ3) is 6.36. The highest BCUT2D eigenvalue weighted by atomic mass is 16.7. The average molecular weight is 634 g/mol. The molecule has 13 nitrogen and oxygen atoms in total. The summed E-state index contributed by atoms with van der Waals surface area (Å²) in [6.45, 7) is 6.21. The van der Waals surface area contributed by atoms with Gasteiger partial charge in [-0.15, -0.1) is 0 Å². The number of benzene rings is 2. The molecule has 1 aromatic heterocycles. The van der Waals surface area contributed by atoms with Crippen molar-refractivity contribution in [1.82, 2.24) is 14.7 Å². The van der Waals surface area contributed by atoms with Crippen LogP contribution in [-0.2, 0) is 33.3 Å². The first-order valence-electron chi connectivity index (χ1n) is 14.8. The van der Waals surface area contributed by atoms with Crippen LogP contribution in [0.1, 0.15) is 61.3 Å². The topological polar surface area (TPSA) is 153 Å². The smallest absolute Gasteiger partial charge is 0.339 e. The number of esters is 3. The highest BCUT2D eigenvalue weighted by Gasteiger charge is 2.55. The van der Waals surface area contributed by atoms with Crippen molar-refractivity contribution in [2.75, 3.05) is 13.7 Å². The lowest BCUT2D eigenvalue weighted by Crippen LogP contribution is -2.50. The first-order chi connectivity index (χ1) is 22.0. The fourth-order valence-corrected chi connectivity index (χ4v) is 5.94. The van der Waals surface area contributed by atoms with E-state index in [1.54, 1.807) is 4.90 Å². The lowest BCUT2D eigenvalue weighted by atomic mass is 9.83. The Morgan fingerprint density at radius 3 is 1.98 bits per heavy atom. The zero-order valence-electron chi connectivity index (χ0n) is 26.0. The number of aromatic nitrogens is 2. The van der Waals surface area contributed by atoms with Crippen molar-refractivity contribution < 1.29 is 42.9 Å². The van der Waals surface area contributed by atoms with Crippen molar-refractivity contribution >= 4 is 23.8 Å². The van der Waals surface area contributed by atoms with Crippen molar-refractivity contribution in [3.8, 4) is 5.75 Å². The van der Waals surface area contributed by atoms with Gasteiger partial charge in [-0.3, -0.25) is 23.9 Å². The number of hydrogen-bond acceptors (Lipinski definition) is 11. The van der Waals surface area contributed by atoms with Gasteiger partial charge in [0.2, 0.25) is 23.6 Å². The van der Waals surface area contributed by atoms with Crippen LogP contribution in [0.15, 0.2) is 71.7 Å². The van der Waals surface area contributed by atoms with Gasteiger partial charge in [0.15, 0.2) is 17.9 Å². The number of nitrogens with zero attached hydrogens (tertiary/aromatic N) is 3. The van der Waals surface area contributed by atoms with Gasteiger partial charge in [-0.25, -0.2) is 4.79 Å².